The normalized spacial score (nSPS) is 12.0. The highest BCUT2D eigenvalue weighted by Gasteiger charge is 2.23. The number of anilines is 1. The SMILES string of the molecule is Cc1cccc(C(C(=O)Nc2ccc(Oc3nn[nH]n3)cc2)N(C)C)c1. The van der Waals surface area contributed by atoms with Crippen molar-refractivity contribution in [2.45, 2.75) is 13.0 Å². The Morgan fingerprint density at radius 3 is 2.58 bits per heavy atom. The Bertz CT molecular complexity index is 862. The molecule has 3 rings (SSSR count). The summed E-state index contributed by atoms with van der Waals surface area (Å²) in [6.07, 6.45) is 0. The number of benzene rings is 2. The number of aryl methyl sites for hydroxylation is 1. The summed E-state index contributed by atoms with van der Waals surface area (Å²) >= 11 is 0. The van der Waals surface area contributed by atoms with Gasteiger partial charge in [0.25, 0.3) is 0 Å². The molecule has 8 heteroatoms. The molecule has 0 aliphatic rings. The Balaban J connectivity index is 1.71. The highest BCUT2D eigenvalue weighted by Crippen LogP contribution is 2.23. The Kier molecular flexibility index (Phi) is 5.23. The molecule has 0 bridgehead atoms. The predicted molar refractivity (Wildman–Crippen MR) is 96.9 cm³/mol. The van der Waals surface area contributed by atoms with Crippen LogP contribution in [-0.4, -0.2) is 45.5 Å². The number of ether oxygens (including phenoxy) is 1. The third-order valence-electron chi connectivity index (χ3n) is 3.78. The van der Waals surface area contributed by atoms with E-state index in [9.17, 15) is 4.79 Å². The number of nitrogens with zero attached hydrogens (tertiary/aromatic N) is 4. The average Bonchev–Trinajstić information content (AvgIpc) is 3.09. The molecule has 134 valence electrons. The molecule has 0 saturated carbocycles. The zero-order chi connectivity index (χ0) is 18.5. The summed E-state index contributed by atoms with van der Waals surface area (Å²) in [6.45, 7) is 2.01. The van der Waals surface area contributed by atoms with E-state index in [0.29, 0.717) is 11.4 Å². The van der Waals surface area contributed by atoms with Crippen LogP contribution in [0.1, 0.15) is 17.2 Å². The van der Waals surface area contributed by atoms with Crippen molar-refractivity contribution in [3.63, 3.8) is 0 Å². The molecule has 3 aromatic rings. The number of likely N-dealkylation sites (N-methyl/N-ethyl adjacent to an activating group) is 1. The van der Waals surface area contributed by atoms with Crippen molar-refractivity contribution < 1.29 is 9.53 Å². The van der Waals surface area contributed by atoms with Crippen LogP contribution in [0.5, 0.6) is 11.8 Å². The molecule has 0 aliphatic heterocycles. The van der Waals surface area contributed by atoms with Crippen molar-refractivity contribution >= 4 is 11.6 Å². The van der Waals surface area contributed by atoms with E-state index in [4.69, 9.17) is 4.74 Å². The molecule has 0 aliphatic carbocycles. The van der Waals surface area contributed by atoms with Gasteiger partial charge in [-0.3, -0.25) is 9.69 Å². The van der Waals surface area contributed by atoms with Gasteiger partial charge in [0, 0.05) is 5.69 Å². The minimum atomic E-state index is -0.384. The maximum atomic E-state index is 12.8. The molecule has 8 nitrogen and oxygen atoms in total. The summed E-state index contributed by atoms with van der Waals surface area (Å²) < 4.78 is 5.41. The first-order chi connectivity index (χ1) is 12.5. The summed E-state index contributed by atoms with van der Waals surface area (Å²) in [4.78, 5) is 14.7. The maximum Gasteiger partial charge on any atom is 0.361 e. The Morgan fingerprint density at radius 1 is 1.19 bits per heavy atom. The Hall–Kier alpha value is -3.26. The number of amides is 1. The fraction of sp³-hybridized carbons (Fsp3) is 0.222. The van der Waals surface area contributed by atoms with Gasteiger partial charge in [-0.25, -0.2) is 0 Å². The van der Waals surface area contributed by atoms with Gasteiger partial charge in [-0.05, 0) is 56.1 Å². The van der Waals surface area contributed by atoms with E-state index in [0.717, 1.165) is 11.1 Å². The maximum absolute atomic E-state index is 12.8. The van der Waals surface area contributed by atoms with Gasteiger partial charge in [0.2, 0.25) is 5.91 Å². The van der Waals surface area contributed by atoms with Crippen molar-refractivity contribution in [3.8, 4) is 11.8 Å². The van der Waals surface area contributed by atoms with E-state index in [1.807, 2.05) is 50.2 Å². The molecular formula is C18H20N6O2. The summed E-state index contributed by atoms with van der Waals surface area (Å²) in [5, 5.41) is 16.1. The molecule has 0 radical (unpaired) electrons. The number of nitrogens with one attached hydrogen (secondary N) is 2. The van der Waals surface area contributed by atoms with Crippen LogP contribution in [0.15, 0.2) is 48.5 Å². The van der Waals surface area contributed by atoms with E-state index < -0.39 is 0 Å². The topological polar surface area (TPSA) is 96.0 Å². The second-order valence-corrected chi connectivity index (χ2v) is 6.09. The summed E-state index contributed by atoms with van der Waals surface area (Å²) in [7, 11) is 3.77. The number of tetrazole rings is 1. The predicted octanol–water partition coefficient (Wildman–Crippen LogP) is 2.54. The lowest BCUT2D eigenvalue weighted by Gasteiger charge is -2.24. The van der Waals surface area contributed by atoms with Crippen LogP contribution in [0.3, 0.4) is 0 Å². The second kappa shape index (κ2) is 7.75. The van der Waals surface area contributed by atoms with Crippen molar-refractivity contribution in [1.29, 1.82) is 0 Å². The quantitative estimate of drug-likeness (QED) is 0.708. The van der Waals surface area contributed by atoms with Gasteiger partial charge in [0.1, 0.15) is 11.8 Å². The number of aromatic nitrogens is 4. The fourth-order valence-corrected chi connectivity index (χ4v) is 2.64. The van der Waals surface area contributed by atoms with Gasteiger partial charge in [-0.15, -0.1) is 0 Å². The number of hydrogen-bond donors (Lipinski definition) is 2. The molecule has 1 atom stereocenters. The van der Waals surface area contributed by atoms with Crippen LogP contribution in [0.4, 0.5) is 5.69 Å². The number of carbonyl (C=O) groups excluding carboxylic acids is 1. The van der Waals surface area contributed by atoms with Gasteiger partial charge in [-0.1, -0.05) is 40.0 Å². The minimum absolute atomic E-state index is 0.104. The zero-order valence-electron chi connectivity index (χ0n) is 14.8. The van der Waals surface area contributed by atoms with Crippen LogP contribution in [-0.2, 0) is 4.79 Å². The van der Waals surface area contributed by atoms with E-state index in [-0.39, 0.29) is 18.0 Å². The Morgan fingerprint density at radius 2 is 1.96 bits per heavy atom. The molecule has 1 heterocycles. The largest absolute Gasteiger partial charge is 0.422 e. The highest BCUT2D eigenvalue weighted by atomic mass is 16.5. The van der Waals surface area contributed by atoms with Crippen molar-refractivity contribution in [3.05, 3.63) is 59.7 Å². The van der Waals surface area contributed by atoms with E-state index in [1.54, 1.807) is 24.3 Å². The van der Waals surface area contributed by atoms with Crippen LogP contribution in [0.25, 0.3) is 0 Å². The first-order valence-corrected chi connectivity index (χ1v) is 8.08. The number of carbonyl (C=O) groups is 1. The summed E-state index contributed by atoms with van der Waals surface area (Å²) in [5.41, 5.74) is 2.74. The van der Waals surface area contributed by atoms with Crippen LogP contribution >= 0.6 is 0 Å². The van der Waals surface area contributed by atoms with E-state index >= 15 is 0 Å². The smallest absolute Gasteiger partial charge is 0.361 e. The first kappa shape index (κ1) is 17.6. The highest BCUT2D eigenvalue weighted by molar-refractivity contribution is 5.95. The molecule has 1 unspecified atom stereocenters. The number of H-pyrrole nitrogens is 1. The number of hydrogen-bond acceptors (Lipinski definition) is 6. The third-order valence-corrected chi connectivity index (χ3v) is 3.78. The van der Waals surface area contributed by atoms with Crippen LogP contribution in [0.2, 0.25) is 0 Å². The van der Waals surface area contributed by atoms with Crippen LogP contribution < -0.4 is 10.1 Å². The fourth-order valence-electron chi connectivity index (χ4n) is 2.64. The van der Waals surface area contributed by atoms with Crippen LogP contribution in [0, 0.1) is 6.92 Å². The second-order valence-electron chi connectivity index (χ2n) is 6.09. The zero-order valence-corrected chi connectivity index (χ0v) is 14.8. The number of rotatable bonds is 6. The van der Waals surface area contributed by atoms with Gasteiger partial charge >= 0.3 is 6.01 Å². The average molecular weight is 352 g/mol. The molecule has 0 spiro atoms. The van der Waals surface area contributed by atoms with Crippen molar-refractivity contribution in [2.24, 2.45) is 0 Å². The molecule has 2 aromatic carbocycles. The lowest BCUT2D eigenvalue weighted by molar-refractivity contribution is -0.120. The van der Waals surface area contributed by atoms with Gasteiger partial charge < -0.3 is 10.1 Å². The van der Waals surface area contributed by atoms with Gasteiger partial charge in [0.05, 0.1) is 0 Å². The molecular weight excluding hydrogens is 332 g/mol. The molecule has 26 heavy (non-hydrogen) atoms. The lowest BCUT2D eigenvalue weighted by Crippen LogP contribution is -2.32. The molecule has 1 aromatic heterocycles. The first-order valence-electron chi connectivity index (χ1n) is 8.08. The molecule has 2 N–H and O–H groups in total. The minimum Gasteiger partial charge on any atom is -0.422 e. The molecule has 0 saturated heterocycles. The molecule has 0 fully saturated rings. The third kappa shape index (κ3) is 4.22. The van der Waals surface area contributed by atoms with Gasteiger partial charge in [-0.2, -0.15) is 5.21 Å². The standard InChI is InChI=1S/C18H20N6O2/c1-12-5-4-6-13(11-12)16(24(2)3)17(25)19-14-7-9-15(10-8-14)26-18-20-22-23-21-18/h4-11,16H,1-3H3,(H,19,25)(H,20,21,22,23). The van der Waals surface area contributed by atoms with Crippen molar-refractivity contribution in [2.75, 3.05) is 19.4 Å². The van der Waals surface area contributed by atoms with Gasteiger partial charge in [0.15, 0.2) is 0 Å². The van der Waals surface area contributed by atoms with Crippen molar-refractivity contribution in [1.82, 2.24) is 25.5 Å². The number of aromatic amines is 1. The summed E-state index contributed by atoms with van der Waals surface area (Å²) in [5.74, 6) is 0.444. The lowest BCUT2D eigenvalue weighted by atomic mass is 10.0. The summed E-state index contributed by atoms with van der Waals surface area (Å²) in [6, 6.07) is 14.7. The Labute approximate surface area is 151 Å². The molecule has 1 amide bonds. The monoisotopic (exact) mass is 352 g/mol. The van der Waals surface area contributed by atoms with E-state index in [2.05, 4.69) is 25.9 Å². The van der Waals surface area contributed by atoms with E-state index in [1.165, 1.54) is 0 Å².